The van der Waals surface area contributed by atoms with Crippen LogP contribution in [0.5, 0.6) is 0 Å². The van der Waals surface area contributed by atoms with Gasteiger partial charge < -0.3 is 10.6 Å². The van der Waals surface area contributed by atoms with E-state index in [0.717, 1.165) is 19.4 Å². The van der Waals surface area contributed by atoms with Gasteiger partial charge in [-0.1, -0.05) is 52.9 Å². The van der Waals surface area contributed by atoms with E-state index in [1.54, 1.807) is 0 Å². The number of amides is 1. The fraction of sp³-hybridized carbons (Fsp3) is 0.938. The zero-order valence-electron chi connectivity index (χ0n) is 13.1. The van der Waals surface area contributed by atoms with E-state index in [9.17, 15) is 4.79 Å². The van der Waals surface area contributed by atoms with Crippen LogP contribution in [-0.4, -0.2) is 25.0 Å². The molecule has 0 unspecified atom stereocenters. The summed E-state index contributed by atoms with van der Waals surface area (Å²) in [6.07, 6.45) is 9.96. The molecular weight excluding hydrogens is 236 g/mol. The fourth-order valence-corrected chi connectivity index (χ4v) is 2.81. The second-order valence-electron chi connectivity index (χ2n) is 6.77. The first-order valence-corrected chi connectivity index (χ1v) is 8.03. The highest BCUT2D eigenvalue weighted by Crippen LogP contribution is 2.22. The average Bonchev–Trinajstić information content (AvgIpc) is 2.81. The molecule has 0 bridgehead atoms. The van der Waals surface area contributed by atoms with Crippen molar-refractivity contribution in [1.82, 2.24) is 10.6 Å². The van der Waals surface area contributed by atoms with Gasteiger partial charge in [0.15, 0.2) is 0 Å². The molecule has 0 saturated heterocycles. The van der Waals surface area contributed by atoms with Gasteiger partial charge in [0.25, 0.3) is 0 Å². The minimum atomic E-state index is 0.163. The summed E-state index contributed by atoms with van der Waals surface area (Å²) >= 11 is 0. The number of carbonyl (C=O) groups is 1. The van der Waals surface area contributed by atoms with Crippen LogP contribution in [0.2, 0.25) is 0 Å². The Morgan fingerprint density at radius 2 is 1.89 bits per heavy atom. The van der Waals surface area contributed by atoms with Gasteiger partial charge in [0.1, 0.15) is 0 Å². The second kappa shape index (κ2) is 8.57. The van der Waals surface area contributed by atoms with Gasteiger partial charge in [0.2, 0.25) is 5.91 Å². The lowest BCUT2D eigenvalue weighted by atomic mass is 9.87. The zero-order chi connectivity index (χ0) is 14.1. The highest BCUT2D eigenvalue weighted by Gasteiger charge is 2.19. The van der Waals surface area contributed by atoms with Crippen molar-refractivity contribution in [2.75, 3.05) is 13.1 Å². The summed E-state index contributed by atoms with van der Waals surface area (Å²) in [6.45, 7) is 8.19. The van der Waals surface area contributed by atoms with Crippen molar-refractivity contribution in [3.05, 3.63) is 0 Å². The molecule has 0 aromatic heterocycles. The third-order valence-electron chi connectivity index (χ3n) is 4.07. The molecule has 0 radical (unpaired) electrons. The molecule has 112 valence electrons. The highest BCUT2D eigenvalue weighted by atomic mass is 16.1. The lowest BCUT2D eigenvalue weighted by Crippen LogP contribution is -2.41. The number of unbranched alkanes of at least 4 members (excludes halogenated alkanes) is 2. The van der Waals surface area contributed by atoms with Crippen molar-refractivity contribution in [2.45, 2.75) is 78.2 Å². The number of hydrogen-bond donors (Lipinski definition) is 2. The first-order valence-electron chi connectivity index (χ1n) is 8.03. The molecule has 2 N–H and O–H groups in total. The molecule has 1 fully saturated rings. The summed E-state index contributed by atoms with van der Waals surface area (Å²) in [5.41, 5.74) is 0.294. The number of hydrogen-bond acceptors (Lipinski definition) is 2. The standard InChI is InChI=1S/C16H32N2O/c1-4-5-8-11-16(2,3)13-17-12-15(19)18-14-9-6-7-10-14/h14,17H,4-13H2,1-3H3,(H,18,19). The van der Waals surface area contributed by atoms with Crippen LogP contribution in [0.3, 0.4) is 0 Å². The lowest BCUT2D eigenvalue weighted by molar-refractivity contribution is -0.120. The third-order valence-corrected chi connectivity index (χ3v) is 4.07. The number of carbonyl (C=O) groups excluding carboxylic acids is 1. The van der Waals surface area contributed by atoms with Gasteiger partial charge in [-0.15, -0.1) is 0 Å². The third kappa shape index (κ3) is 7.56. The van der Waals surface area contributed by atoms with Gasteiger partial charge in [0.05, 0.1) is 6.54 Å². The van der Waals surface area contributed by atoms with E-state index in [2.05, 4.69) is 31.4 Å². The predicted molar refractivity (Wildman–Crippen MR) is 81.2 cm³/mol. The molecule has 1 amide bonds. The molecule has 0 aromatic rings. The van der Waals surface area contributed by atoms with Gasteiger partial charge in [-0.2, -0.15) is 0 Å². The Morgan fingerprint density at radius 1 is 1.21 bits per heavy atom. The first-order chi connectivity index (χ1) is 9.03. The molecular formula is C16H32N2O. The average molecular weight is 268 g/mol. The van der Waals surface area contributed by atoms with Crippen molar-refractivity contribution in [3.8, 4) is 0 Å². The van der Waals surface area contributed by atoms with Crippen LogP contribution in [-0.2, 0) is 4.79 Å². The van der Waals surface area contributed by atoms with Crippen LogP contribution in [0.15, 0.2) is 0 Å². The highest BCUT2D eigenvalue weighted by molar-refractivity contribution is 5.78. The molecule has 0 heterocycles. The van der Waals surface area contributed by atoms with Crippen molar-refractivity contribution >= 4 is 5.91 Å². The maximum atomic E-state index is 11.8. The lowest BCUT2D eigenvalue weighted by Gasteiger charge is -2.25. The molecule has 1 rings (SSSR count). The smallest absolute Gasteiger partial charge is 0.234 e. The topological polar surface area (TPSA) is 41.1 Å². The molecule has 3 nitrogen and oxygen atoms in total. The normalized spacial score (nSPS) is 16.8. The Kier molecular flexibility index (Phi) is 7.44. The molecule has 0 aromatic carbocycles. The fourth-order valence-electron chi connectivity index (χ4n) is 2.81. The van der Waals surface area contributed by atoms with Gasteiger partial charge in [-0.05, 0) is 24.7 Å². The summed E-state index contributed by atoms with van der Waals surface area (Å²) in [4.78, 5) is 11.8. The Hall–Kier alpha value is -0.570. The molecule has 1 aliphatic carbocycles. The van der Waals surface area contributed by atoms with Crippen LogP contribution < -0.4 is 10.6 Å². The molecule has 1 saturated carbocycles. The van der Waals surface area contributed by atoms with Crippen molar-refractivity contribution < 1.29 is 4.79 Å². The molecule has 0 atom stereocenters. The molecule has 19 heavy (non-hydrogen) atoms. The Labute approximate surface area is 118 Å². The van der Waals surface area contributed by atoms with E-state index < -0.39 is 0 Å². The summed E-state index contributed by atoms with van der Waals surface area (Å²) < 4.78 is 0. The van der Waals surface area contributed by atoms with Gasteiger partial charge in [-0.3, -0.25) is 4.79 Å². The van der Waals surface area contributed by atoms with E-state index in [4.69, 9.17) is 0 Å². The molecule has 3 heteroatoms. The quantitative estimate of drug-likeness (QED) is 0.630. The van der Waals surface area contributed by atoms with Gasteiger partial charge in [0, 0.05) is 12.6 Å². The van der Waals surface area contributed by atoms with E-state index >= 15 is 0 Å². The molecule has 0 aliphatic heterocycles. The van der Waals surface area contributed by atoms with Crippen LogP contribution in [0.4, 0.5) is 0 Å². The minimum Gasteiger partial charge on any atom is -0.352 e. The van der Waals surface area contributed by atoms with Crippen LogP contribution in [0.1, 0.15) is 72.1 Å². The van der Waals surface area contributed by atoms with E-state index in [-0.39, 0.29) is 5.91 Å². The predicted octanol–water partition coefficient (Wildman–Crippen LogP) is 3.24. The summed E-state index contributed by atoms with van der Waals surface area (Å²) in [5.74, 6) is 0.163. The maximum Gasteiger partial charge on any atom is 0.234 e. The largest absolute Gasteiger partial charge is 0.352 e. The Morgan fingerprint density at radius 3 is 2.53 bits per heavy atom. The number of rotatable bonds is 9. The second-order valence-corrected chi connectivity index (χ2v) is 6.77. The van der Waals surface area contributed by atoms with Gasteiger partial charge >= 0.3 is 0 Å². The zero-order valence-corrected chi connectivity index (χ0v) is 13.1. The summed E-state index contributed by atoms with van der Waals surface area (Å²) in [7, 11) is 0. The first kappa shape index (κ1) is 16.5. The summed E-state index contributed by atoms with van der Waals surface area (Å²) in [6, 6.07) is 0.437. The Balaban J connectivity index is 2.08. The van der Waals surface area contributed by atoms with Crippen LogP contribution in [0, 0.1) is 5.41 Å². The van der Waals surface area contributed by atoms with E-state index in [1.165, 1.54) is 38.5 Å². The SMILES string of the molecule is CCCCCC(C)(C)CNCC(=O)NC1CCCC1. The van der Waals surface area contributed by atoms with E-state index in [0.29, 0.717) is 18.0 Å². The van der Waals surface area contributed by atoms with Gasteiger partial charge in [-0.25, -0.2) is 0 Å². The van der Waals surface area contributed by atoms with Crippen molar-refractivity contribution in [1.29, 1.82) is 0 Å². The van der Waals surface area contributed by atoms with Crippen molar-refractivity contribution in [3.63, 3.8) is 0 Å². The molecule has 1 aliphatic rings. The number of nitrogens with one attached hydrogen (secondary N) is 2. The van der Waals surface area contributed by atoms with Crippen molar-refractivity contribution in [2.24, 2.45) is 5.41 Å². The summed E-state index contributed by atoms with van der Waals surface area (Å²) in [5, 5.41) is 6.43. The van der Waals surface area contributed by atoms with Crippen LogP contribution in [0.25, 0.3) is 0 Å². The molecule has 0 spiro atoms. The maximum absolute atomic E-state index is 11.8. The van der Waals surface area contributed by atoms with E-state index in [1.807, 2.05) is 0 Å². The van der Waals surface area contributed by atoms with Crippen LogP contribution >= 0.6 is 0 Å². The minimum absolute atomic E-state index is 0.163. The monoisotopic (exact) mass is 268 g/mol. The Bertz CT molecular complexity index is 257.